The van der Waals surface area contributed by atoms with Crippen LogP contribution in [0.3, 0.4) is 0 Å². The molecule has 3 rings (SSSR count). The van der Waals surface area contributed by atoms with Gasteiger partial charge in [-0.25, -0.2) is 0 Å². The Morgan fingerprint density at radius 2 is 2.05 bits per heavy atom. The number of nitrogens with zero attached hydrogens (tertiary/aromatic N) is 2. The molecule has 2 aliphatic rings. The first-order valence-electron chi connectivity index (χ1n) is 8.58. The molecule has 0 spiro atoms. The van der Waals surface area contributed by atoms with Crippen molar-refractivity contribution in [1.82, 2.24) is 15.1 Å². The number of rotatable bonds is 7. The lowest BCUT2D eigenvalue weighted by Crippen LogP contribution is -2.34. The molecular weight excluding hydrogens is 246 g/mol. The van der Waals surface area contributed by atoms with E-state index in [-0.39, 0.29) is 0 Å². The van der Waals surface area contributed by atoms with E-state index < -0.39 is 0 Å². The molecule has 2 aliphatic carbocycles. The van der Waals surface area contributed by atoms with E-state index in [9.17, 15) is 0 Å². The van der Waals surface area contributed by atoms with Gasteiger partial charge in [0.1, 0.15) is 0 Å². The molecule has 1 N–H and O–H groups in total. The molecule has 112 valence electrons. The van der Waals surface area contributed by atoms with E-state index in [4.69, 9.17) is 0 Å². The predicted octanol–water partition coefficient (Wildman–Crippen LogP) is 3.25. The highest BCUT2D eigenvalue weighted by Gasteiger charge is 2.53. The summed E-state index contributed by atoms with van der Waals surface area (Å²) in [4.78, 5) is 0. The summed E-state index contributed by atoms with van der Waals surface area (Å²) in [6.45, 7) is 6.54. The first-order valence-corrected chi connectivity index (χ1v) is 8.58. The fourth-order valence-electron chi connectivity index (χ4n) is 4.26. The molecule has 1 heterocycles. The lowest BCUT2D eigenvalue weighted by atomic mass is 10.0. The highest BCUT2D eigenvalue weighted by molar-refractivity contribution is 5.12. The summed E-state index contributed by atoms with van der Waals surface area (Å²) in [5.74, 6) is 2.99. The average Bonchev–Trinajstić information content (AvgIpc) is 3.03. The van der Waals surface area contributed by atoms with E-state index in [2.05, 4.69) is 36.7 Å². The summed E-state index contributed by atoms with van der Waals surface area (Å²) in [5.41, 5.74) is 1.41. The molecular formula is C17H29N3. The van der Waals surface area contributed by atoms with Crippen molar-refractivity contribution in [2.45, 2.75) is 65.0 Å². The van der Waals surface area contributed by atoms with E-state index in [0.717, 1.165) is 37.3 Å². The summed E-state index contributed by atoms with van der Waals surface area (Å²) in [6, 6.07) is 0.678. The number of hydrogen-bond donors (Lipinski definition) is 1. The zero-order valence-electron chi connectivity index (χ0n) is 13.0. The second kappa shape index (κ2) is 6.30. The van der Waals surface area contributed by atoms with Crippen molar-refractivity contribution >= 4 is 0 Å². The molecule has 2 saturated carbocycles. The fraction of sp³-hybridized carbons (Fsp3) is 0.824. The summed E-state index contributed by atoms with van der Waals surface area (Å²) >= 11 is 0. The summed E-state index contributed by atoms with van der Waals surface area (Å²) in [7, 11) is 0. The van der Waals surface area contributed by atoms with Crippen LogP contribution < -0.4 is 5.32 Å². The summed E-state index contributed by atoms with van der Waals surface area (Å²) < 4.78 is 2.05. The number of fused-ring (bicyclic) bond motifs is 1. The van der Waals surface area contributed by atoms with Crippen molar-refractivity contribution in [3.63, 3.8) is 0 Å². The van der Waals surface area contributed by atoms with E-state index in [1.807, 2.05) is 4.68 Å². The molecule has 2 fully saturated rings. The summed E-state index contributed by atoms with van der Waals surface area (Å²) in [6.07, 6.45) is 12.6. The molecule has 0 amide bonds. The average molecular weight is 275 g/mol. The van der Waals surface area contributed by atoms with Crippen LogP contribution in [0.5, 0.6) is 0 Å². The zero-order chi connectivity index (χ0) is 13.9. The van der Waals surface area contributed by atoms with Gasteiger partial charge < -0.3 is 5.32 Å². The van der Waals surface area contributed by atoms with Crippen LogP contribution in [0.4, 0.5) is 0 Å². The van der Waals surface area contributed by atoms with Gasteiger partial charge in [-0.2, -0.15) is 5.10 Å². The van der Waals surface area contributed by atoms with Gasteiger partial charge in [-0.15, -0.1) is 0 Å². The Balaban J connectivity index is 1.63. The molecule has 0 saturated heterocycles. The van der Waals surface area contributed by atoms with Gasteiger partial charge in [-0.3, -0.25) is 4.68 Å². The Morgan fingerprint density at radius 3 is 2.65 bits per heavy atom. The molecule has 20 heavy (non-hydrogen) atoms. The number of aryl methyl sites for hydroxylation is 1. The molecule has 3 atom stereocenters. The standard InChI is InChI=1S/C17H29N3/c1-3-9-18-16(10-13-11-19-20(4-2)12-13)17-14-7-5-6-8-15(14)17/h11-12,14-18H,3-10H2,1-2H3. The maximum Gasteiger partial charge on any atom is 0.0522 e. The minimum absolute atomic E-state index is 0.678. The minimum Gasteiger partial charge on any atom is -0.313 e. The third kappa shape index (κ3) is 2.93. The van der Waals surface area contributed by atoms with Crippen LogP contribution in [-0.2, 0) is 13.0 Å². The molecule has 3 unspecified atom stereocenters. The van der Waals surface area contributed by atoms with Crippen molar-refractivity contribution in [3.8, 4) is 0 Å². The molecule has 0 aromatic carbocycles. The molecule has 1 aromatic rings. The predicted molar refractivity (Wildman–Crippen MR) is 82.6 cm³/mol. The third-order valence-electron chi connectivity index (χ3n) is 5.31. The highest BCUT2D eigenvalue weighted by atomic mass is 15.3. The normalized spacial score (nSPS) is 30.0. The Labute approximate surface area is 123 Å². The lowest BCUT2D eigenvalue weighted by molar-refractivity contribution is 0.427. The van der Waals surface area contributed by atoms with Gasteiger partial charge in [-0.1, -0.05) is 19.8 Å². The van der Waals surface area contributed by atoms with Crippen LogP contribution >= 0.6 is 0 Å². The van der Waals surface area contributed by atoms with Gasteiger partial charge in [0.2, 0.25) is 0 Å². The van der Waals surface area contributed by atoms with Gasteiger partial charge in [0, 0.05) is 18.8 Å². The molecule has 3 nitrogen and oxygen atoms in total. The first kappa shape index (κ1) is 14.1. The maximum atomic E-state index is 4.43. The van der Waals surface area contributed by atoms with Crippen molar-refractivity contribution in [3.05, 3.63) is 18.0 Å². The fourth-order valence-corrected chi connectivity index (χ4v) is 4.26. The van der Waals surface area contributed by atoms with Crippen LogP contribution in [0.2, 0.25) is 0 Å². The van der Waals surface area contributed by atoms with Crippen molar-refractivity contribution in [2.75, 3.05) is 6.54 Å². The minimum atomic E-state index is 0.678. The van der Waals surface area contributed by atoms with Gasteiger partial charge >= 0.3 is 0 Å². The van der Waals surface area contributed by atoms with Crippen LogP contribution in [0, 0.1) is 17.8 Å². The first-order chi connectivity index (χ1) is 9.83. The maximum absolute atomic E-state index is 4.43. The Kier molecular flexibility index (Phi) is 4.45. The van der Waals surface area contributed by atoms with Crippen molar-refractivity contribution in [1.29, 1.82) is 0 Å². The molecule has 0 radical (unpaired) electrons. The monoisotopic (exact) mass is 275 g/mol. The van der Waals surface area contributed by atoms with Gasteiger partial charge in [0.25, 0.3) is 0 Å². The third-order valence-corrected chi connectivity index (χ3v) is 5.31. The van der Waals surface area contributed by atoms with Crippen LogP contribution in [-0.4, -0.2) is 22.4 Å². The van der Waals surface area contributed by atoms with E-state index >= 15 is 0 Å². The number of hydrogen-bond acceptors (Lipinski definition) is 2. The quantitative estimate of drug-likeness (QED) is 0.828. The van der Waals surface area contributed by atoms with Crippen LogP contribution in [0.1, 0.15) is 51.5 Å². The second-order valence-electron chi connectivity index (χ2n) is 6.66. The molecule has 1 aromatic heterocycles. The van der Waals surface area contributed by atoms with E-state index in [1.54, 1.807) is 0 Å². The smallest absolute Gasteiger partial charge is 0.0522 e. The largest absolute Gasteiger partial charge is 0.313 e. The van der Waals surface area contributed by atoms with Gasteiger partial charge in [0.05, 0.1) is 6.20 Å². The van der Waals surface area contributed by atoms with Crippen molar-refractivity contribution in [2.24, 2.45) is 17.8 Å². The Morgan fingerprint density at radius 1 is 1.30 bits per heavy atom. The second-order valence-corrected chi connectivity index (χ2v) is 6.66. The Hall–Kier alpha value is -0.830. The topological polar surface area (TPSA) is 29.9 Å². The van der Waals surface area contributed by atoms with Gasteiger partial charge in [-0.05, 0) is 62.5 Å². The SMILES string of the molecule is CCCNC(Cc1cnn(CC)c1)C1C2CCCCC21. The number of nitrogens with one attached hydrogen (secondary N) is 1. The lowest BCUT2D eigenvalue weighted by Gasteiger charge is -2.18. The van der Waals surface area contributed by atoms with E-state index in [1.165, 1.54) is 37.7 Å². The van der Waals surface area contributed by atoms with Gasteiger partial charge in [0.15, 0.2) is 0 Å². The zero-order valence-corrected chi connectivity index (χ0v) is 13.0. The molecule has 3 heteroatoms. The van der Waals surface area contributed by atoms with E-state index in [0.29, 0.717) is 6.04 Å². The number of aromatic nitrogens is 2. The van der Waals surface area contributed by atoms with Crippen molar-refractivity contribution < 1.29 is 0 Å². The van der Waals surface area contributed by atoms with Crippen LogP contribution in [0.25, 0.3) is 0 Å². The molecule has 0 aliphatic heterocycles. The van der Waals surface area contributed by atoms with Crippen LogP contribution in [0.15, 0.2) is 12.4 Å². The highest BCUT2D eigenvalue weighted by Crippen LogP contribution is 2.57. The molecule has 0 bridgehead atoms. The Bertz CT molecular complexity index is 414. The summed E-state index contributed by atoms with van der Waals surface area (Å²) in [5, 5.41) is 8.25.